The number of nitrogens with zero attached hydrogens (tertiary/aromatic N) is 3. The van der Waals surface area contributed by atoms with E-state index in [9.17, 15) is 4.79 Å². The van der Waals surface area contributed by atoms with E-state index >= 15 is 0 Å². The highest BCUT2D eigenvalue weighted by Crippen LogP contribution is 2.39. The lowest BCUT2D eigenvalue weighted by Crippen LogP contribution is -2.40. The van der Waals surface area contributed by atoms with Gasteiger partial charge in [0.15, 0.2) is 11.5 Å². The molecule has 1 amide bonds. The number of ether oxygens (including phenoxy) is 4. The van der Waals surface area contributed by atoms with E-state index in [1.807, 2.05) is 23.1 Å². The van der Waals surface area contributed by atoms with Crippen LogP contribution in [0.15, 0.2) is 36.4 Å². The van der Waals surface area contributed by atoms with E-state index in [0.29, 0.717) is 36.4 Å². The number of amides is 1. The molecule has 1 aromatic heterocycles. The molecule has 3 heterocycles. The van der Waals surface area contributed by atoms with Gasteiger partial charge in [-0.15, -0.1) is 0 Å². The van der Waals surface area contributed by atoms with Crippen LogP contribution in [-0.2, 0) is 16.0 Å². The van der Waals surface area contributed by atoms with Crippen LogP contribution in [0.25, 0.3) is 11.0 Å². The number of aromatic nitrogens is 2. The van der Waals surface area contributed by atoms with Crippen LogP contribution in [0.5, 0.6) is 17.2 Å². The number of para-hydroxylation sites is 2. The first-order valence-corrected chi connectivity index (χ1v) is 12.3. The zero-order valence-corrected chi connectivity index (χ0v) is 20.7. The highest BCUT2D eigenvalue weighted by molar-refractivity contribution is 5.79. The van der Waals surface area contributed by atoms with Gasteiger partial charge in [-0.05, 0) is 55.5 Å². The zero-order valence-electron chi connectivity index (χ0n) is 20.7. The maximum Gasteiger partial charge on any atom is 0.226 e. The Morgan fingerprint density at radius 3 is 2.37 bits per heavy atom. The molecule has 3 aromatic rings. The van der Waals surface area contributed by atoms with E-state index in [-0.39, 0.29) is 18.4 Å². The molecule has 2 aliphatic rings. The number of rotatable bonds is 7. The number of likely N-dealkylation sites (tertiary alicyclic amines) is 1. The van der Waals surface area contributed by atoms with Crippen LogP contribution in [0.1, 0.15) is 49.2 Å². The fourth-order valence-electron chi connectivity index (χ4n) is 5.35. The molecule has 2 aliphatic heterocycles. The lowest BCUT2D eigenvalue weighted by molar-refractivity contribution is -0.131. The minimum absolute atomic E-state index is 0.0575. The minimum Gasteiger partial charge on any atom is -0.493 e. The van der Waals surface area contributed by atoms with Crippen molar-refractivity contribution in [1.82, 2.24) is 14.5 Å². The average Bonchev–Trinajstić information content (AvgIpc) is 3.56. The first-order chi connectivity index (χ1) is 17.1. The fraction of sp³-hybridized carbons (Fsp3) is 0.481. The summed E-state index contributed by atoms with van der Waals surface area (Å²) in [5.74, 6) is 2.78. The number of carbonyl (C=O) groups excluding carboxylic acids is 1. The Balaban J connectivity index is 1.30. The Hall–Kier alpha value is -3.26. The maximum absolute atomic E-state index is 13.2. The van der Waals surface area contributed by atoms with Crippen molar-refractivity contribution in [2.45, 2.75) is 44.2 Å². The molecule has 2 fully saturated rings. The number of imidazole rings is 1. The molecular weight excluding hydrogens is 446 g/mol. The van der Waals surface area contributed by atoms with Gasteiger partial charge in [-0.2, -0.15) is 0 Å². The lowest BCUT2D eigenvalue weighted by atomic mass is 10.0. The van der Waals surface area contributed by atoms with Crippen molar-refractivity contribution in [3.63, 3.8) is 0 Å². The Morgan fingerprint density at radius 2 is 1.74 bits per heavy atom. The first-order valence-electron chi connectivity index (χ1n) is 12.3. The van der Waals surface area contributed by atoms with E-state index in [1.54, 1.807) is 21.3 Å². The molecular formula is C27H33N3O5. The third-order valence-electron chi connectivity index (χ3n) is 7.10. The molecule has 186 valence electrons. The molecule has 0 spiro atoms. The summed E-state index contributed by atoms with van der Waals surface area (Å²) in [6.45, 7) is 2.22. The number of carbonyl (C=O) groups is 1. The van der Waals surface area contributed by atoms with E-state index < -0.39 is 0 Å². The fourth-order valence-corrected chi connectivity index (χ4v) is 5.35. The smallest absolute Gasteiger partial charge is 0.226 e. The number of hydrogen-bond acceptors (Lipinski definition) is 6. The second kappa shape index (κ2) is 10.2. The molecule has 35 heavy (non-hydrogen) atoms. The van der Waals surface area contributed by atoms with Gasteiger partial charge in [0.1, 0.15) is 11.9 Å². The van der Waals surface area contributed by atoms with Crippen LogP contribution in [0.3, 0.4) is 0 Å². The topological polar surface area (TPSA) is 75.1 Å². The third-order valence-corrected chi connectivity index (χ3v) is 7.10. The van der Waals surface area contributed by atoms with Gasteiger partial charge < -0.3 is 28.4 Å². The Kier molecular flexibility index (Phi) is 6.81. The van der Waals surface area contributed by atoms with Crippen LogP contribution < -0.4 is 14.2 Å². The molecule has 0 saturated carbocycles. The van der Waals surface area contributed by atoms with Crippen LogP contribution in [0.4, 0.5) is 0 Å². The highest BCUT2D eigenvalue weighted by atomic mass is 16.5. The molecule has 2 saturated heterocycles. The van der Waals surface area contributed by atoms with Gasteiger partial charge in [-0.3, -0.25) is 4.79 Å². The summed E-state index contributed by atoms with van der Waals surface area (Å²) in [5.41, 5.74) is 3.01. The molecule has 0 N–H and O–H groups in total. The molecule has 0 unspecified atom stereocenters. The van der Waals surface area contributed by atoms with Gasteiger partial charge in [-0.1, -0.05) is 12.1 Å². The largest absolute Gasteiger partial charge is 0.493 e. The number of piperidine rings is 1. The zero-order chi connectivity index (χ0) is 24.4. The van der Waals surface area contributed by atoms with E-state index in [0.717, 1.165) is 54.7 Å². The standard InChI is InChI=1S/C27H33N3O5/c1-32-23-15-18(16-24(33-2)26(23)34-3)17-25(31)29-12-10-19(11-13-29)30-21-8-5-4-7-20(21)28-27(30)22-9-6-14-35-22/h4-5,7-8,15-16,19,22H,6,9-14,17H2,1-3H3/t22-/m0/s1. The van der Waals surface area contributed by atoms with Crippen molar-refractivity contribution in [2.75, 3.05) is 41.0 Å². The van der Waals surface area contributed by atoms with Crippen molar-refractivity contribution in [1.29, 1.82) is 0 Å². The molecule has 8 heteroatoms. The van der Waals surface area contributed by atoms with Crippen molar-refractivity contribution < 1.29 is 23.7 Å². The Morgan fingerprint density at radius 1 is 1.03 bits per heavy atom. The quantitative estimate of drug-likeness (QED) is 0.503. The van der Waals surface area contributed by atoms with Gasteiger partial charge in [0.2, 0.25) is 11.7 Å². The predicted molar refractivity (Wildman–Crippen MR) is 132 cm³/mol. The van der Waals surface area contributed by atoms with Gasteiger partial charge in [-0.25, -0.2) is 4.98 Å². The molecule has 2 aromatic carbocycles. The van der Waals surface area contributed by atoms with E-state index in [1.165, 1.54) is 0 Å². The van der Waals surface area contributed by atoms with Crippen molar-refractivity contribution in [3.8, 4) is 17.2 Å². The Bertz CT molecular complexity index is 1170. The number of methoxy groups -OCH3 is 3. The summed E-state index contributed by atoms with van der Waals surface area (Å²) in [6.07, 6.45) is 4.21. The lowest BCUT2D eigenvalue weighted by Gasteiger charge is -2.34. The van der Waals surface area contributed by atoms with Crippen LogP contribution in [-0.4, -0.2) is 61.4 Å². The minimum atomic E-state index is 0.0575. The van der Waals surface area contributed by atoms with Gasteiger partial charge in [0.05, 0.1) is 38.8 Å². The molecule has 8 nitrogen and oxygen atoms in total. The summed E-state index contributed by atoms with van der Waals surface area (Å²) in [7, 11) is 4.74. The highest BCUT2D eigenvalue weighted by Gasteiger charge is 2.31. The molecule has 5 rings (SSSR count). The monoisotopic (exact) mass is 479 g/mol. The van der Waals surface area contributed by atoms with Crippen molar-refractivity contribution >= 4 is 16.9 Å². The summed E-state index contributed by atoms with van der Waals surface area (Å²) in [4.78, 5) is 20.1. The van der Waals surface area contributed by atoms with Crippen LogP contribution in [0, 0.1) is 0 Å². The summed E-state index contributed by atoms with van der Waals surface area (Å²) in [6, 6.07) is 12.3. The summed E-state index contributed by atoms with van der Waals surface area (Å²) < 4.78 is 24.7. The number of hydrogen-bond donors (Lipinski definition) is 0. The second-order valence-electron chi connectivity index (χ2n) is 9.15. The van der Waals surface area contributed by atoms with Crippen molar-refractivity contribution in [2.24, 2.45) is 0 Å². The van der Waals surface area contributed by atoms with E-state index in [2.05, 4.69) is 22.8 Å². The molecule has 0 radical (unpaired) electrons. The molecule has 0 aliphatic carbocycles. The van der Waals surface area contributed by atoms with Crippen molar-refractivity contribution in [3.05, 3.63) is 47.8 Å². The van der Waals surface area contributed by atoms with Crippen LogP contribution in [0.2, 0.25) is 0 Å². The predicted octanol–water partition coefficient (Wildman–Crippen LogP) is 4.32. The summed E-state index contributed by atoms with van der Waals surface area (Å²) >= 11 is 0. The van der Waals surface area contributed by atoms with Gasteiger partial charge >= 0.3 is 0 Å². The SMILES string of the molecule is COc1cc(CC(=O)N2CCC(n3c([C@@H]4CCCO4)nc4ccccc43)CC2)cc(OC)c1OC. The van der Waals surface area contributed by atoms with E-state index in [4.69, 9.17) is 23.9 Å². The van der Waals surface area contributed by atoms with Crippen LogP contribution >= 0.6 is 0 Å². The normalized spacial score (nSPS) is 18.7. The summed E-state index contributed by atoms with van der Waals surface area (Å²) in [5, 5.41) is 0. The Labute approximate surface area is 205 Å². The third kappa shape index (κ3) is 4.55. The first kappa shape index (κ1) is 23.5. The second-order valence-corrected chi connectivity index (χ2v) is 9.15. The average molecular weight is 480 g/mol. The maximum atomic E-state index is 13.2. The van der Waals surface area contributed by atoms with Gasteiger partial charge in [0.25, 0.3) is 0 Å². The molecule has 0 bridgehead atoms. The van der Waals surface area contributed by atoms with Gasteiger partial charge in [0, 0.05) is 25.7 Å². The number of fused-ring (bicyclic) bond motifs is 1. The molecule has 1 atom stereocenters. The number of benzene rings is 2.